The van der Waals surface area contributed by atoms with Crippen molar-refractivity contribution in [1.82, 2.24) is 5.32 Å². The minimum Gasteiger partial charge on any atom is -0.487 e. The summed E-state index contributed by atoms with van der Waals surface area (Å²) in [5.74, 6) is -0.196. The van der Waals surface area contributed by atoms with E-state index in [0.717, 1.165) is 6.42 Å². The number of carbonyl (C=O) groups is 1. The molecular formula is C18H27NO5S. The lowest BCUT2D eigenvalue weighted by molar-refractivity contribution is -0.137. The zero-order chi connectivity index (χ0) is 18.8. The molecule has 2 rings (SSSR count). The van der Waals surface area contributed by atoms with Crippen molar-refractivity contribution in [2.45, 2.75) is 63.0 Å². The average molecular weight is 369 g/mol. The van der Waals surface area contributed by atoms with E-state index in [-0.39, 0.29) is 12.5 Å². The van der Waals surface area contributed by atoms with E-state index in [1.807, 2.05) is 19.9 Å². The SMILES string of the molecule is Cc1ccc2c(c1S(C)(=O)=O)C(NCCCCC(=O)O)CC(C)(C)O2. The first-order chi connectivity index (χ1) is 11.5. The molecule has 1 aromatic carbocycles. The fraction of sp³-hybridized carbons (Fsp3) is 0.611. The van der Waals surface area contributed by atoms with Crippen molar-refractivity contribution < 1.29 is 23.1 Å². The van der Waals surface area contributed by atoms with Crippen molar-refractivity contribution in [3.05, 3.63) is 23.3 Å². The quantitative estimate of drug-likeness (QED) is 0.718. The minimum absolute atomic E-state index is 0.144. The van der Waals surface area contributed by atoms with Crippen LogP contribution in [0.3, 0.4) is 0 Å². The molecular weight excluding hydrogens is 342 g/mol. The molecule has 0 spiro atoms. The largest absolute Gasteiger partial charge is 0.487 e. The van der Waals surface area contributed by atoms with E-state index in [0.29, 0.717) is 41.2 Å². The van der Waals surface area contributed by atoms with Crippen LogP contribution in [0, 0.1) is 6.92 Å². The van der Waals surface area contributed by atoms with Crippen molar-refractivity contribution in [3.63, 3.8) is 0 Å². The van der Waals surface area contributed by atoms with Gasteiger partial charge in [0, 0.05) is 30.7 Å². The number of nitrogens with one attached hydrogen (secondary N) is 1. The summed E-state index contributed by atoms with van der Waals surface area (Å²) in [6.45, 7) is 6.38. The van der Waals surface area contributed by atoms with Crippen molar-refractivity contribution in [2.75, 3.05) is 12.8 Å². The molecule has 0 radical (unpaired) electrons. The smallest absolute Gasteiger partial charge is 0.303 e. The van der Waals surface area contributed by atoms with Crippen LogP contribution in [0.15, 0.2) is 17.0 Å². The molecule has 7 heteroatoms. The van der Waals surface area contributed by atoms with Gasteiger partial charge in [-0.2, -0.15) is 0 Å². The zero-order valence-corrected chi connectivity index (χ0v) is 16.1. The number of ether oxygens (including phenoxy) is 1. The standard InChI is InChI=1S/C18H27NO5S/c1-12-8-9-14-16(17(12)25(4,22)23)13(11-18(2,3)24-14)19-10-6-5-7-15(20)21/h8-9,13,19H,5-7,10-11H2,1-4H3,(H,20,21). The summed E-state index contributed by atoms with van der Waals surface area (Å²) in [6.07, 6.45) is 3.32. The molecule has 1 atom stereocenters. The number of hydrogen-bond acceptors (Lipinski definition) is 5. The van der Waals surface area contributed by atoms with Gasteiger partial charge in [0.15, 0.2) is 9.84 Å². The molecule has 6 nitrogen and oxygen atoms in total. The number of aryl methyl sites for hydroxylation is 1. The van der Waals surface area contributed by atoms with Gasteiger partial charge in [-0.15, -0.1) is 0 Å². The Hall–Kier alpha value is -1.60. The van der Waals surface area contributed by atoms with Crippen molar-refractivity contribution in [1.29, 1.82) is 0 Å². The molecule has 2 N–H and O–H groups in total. The molecule has 0 saturated carbocycles. The van der Waals surface area contributed by atoms with Gasteiger partial charge in [0.1, 0.15) is 11.4 Å². The van der Waals surface area contributed by atoms with Gasteiger partial charge in [-0.05, 0) is 51.8 Å². The van der Waals surface area contributed by atoms with Gasteiger partial charge < -0.3 is 15.2 Å². The van der Waals surface area contributed by atoms with Crippen LogP contribution in [0.2, 0.25) is 0 Å². The highest BCUT2D eigenvalue weighted by molar-refractivity contribution is 7.90. The predicted octanol–water partition coefficient (Wildman–Crippen LogP) is 2.85. The van der Waals surface area contributed by atoms with Crippen LogP contribution in [-0.4, -0.2) is 37.9 Å². The number of unbranched alkanes of at least 4 members (excludes halogenated alkanes) is 1. The molecule has 140 valence electrons. The summed E-state index contributed by atoms with van der Waals surface area (Å²) in [6, 6.07) is 3.47. The first-order valence-electron chi connectivity index (χ1n) is 8.49. The Morgan fingerprint density at radius 3 is 2.64 bits per heavy atom. The van der Waals surface area contributed by atoms with Crippen LogP contribution in [0.4, 0.5) is 0 Å². The predicted molar refractivity (Wildman–Crippen MR) is 95.8 cm³/mol. The Kier molecular flexibility index (Phi) is 5.79. The zero-order valence-electron chi connectivity index (χ0n) is 15.3. The number of aliphatic carboxylic acids is 1. The third-order valence-electron chi connectivity index (χ3n) is 4.36. The Bertz CT molecular complexity index is 755. The highest BCUT2D eigenvalue weighted by Gasteiger charge is 2.37. The number of hydrogen-bond donors (Lipinski definition) is 2. The van der Waals surface area contributed by atoms with Gasteiger partial charge in [0.25, 0.3) is 0 Å². The Balaban J connectivity index is 2.30. The van der Waals surface area contributed by atoms with E-state index in [1.165, 1.54) is 6.26 Å². The fourth-order valence-corrected chi connectivity index (χ4v) is 4.68. The maximum absolute atomic E-state index is 12.3. The molecule has 1 aromatic rings. The van der Waals surface area contributed by atoms with E-state index in [1.54, 1.807) is 13.0 Å². The van der Waals surface area contributed by atoms with Crippen LogP contribution >= 0.6 is 0 Å². The van der Waals surface area contributed by atoms with Crippen molar-refractivity contribution >= 4 is 15.8 Å². The molecule has 1 aliphatic heterocycles. The van der Waals surface area contributed by atoms with E-state index in [4.69, 9.17) is 9.84 Å². The van der Waals surface area contributed by atoms with Gasteiger partial charge >= 0.3 is 5.97 Å². The van der Waals surface area contributed by atoms with Gasteiger partial charge in [0.2, 0.25) is 0 Å². The number of fused-ring (bicyclic) bond motifs is 1. The second-order valence-corrected chi connectivity index (χ2v) is 9.27. The van der Waals surface area contributed by atoms with Gasteiger partial charge in [0.05, 0.1) is 4.90 Å². The van der Waals surface area contributed by atoms with Crippen LogP contribution in [0.25, 0.3) is 0 Å². The molecule has 1 heterocycles. The maximum Gasteiger partial charge on any atom is 0.303 e. The van der Waals surface area contributed by atoms with Gasteiger partial charge in [-0.25, -0.2) is 8.42 Å². The summed E-state index contributed by atoms with van der Waals surface area (Å²) >= 11 is 0. The Labute approximate surface area is 149 Å². The molecule has 25 heavy (non-hydrogen) atoms. The second-order valence-electron chi connectivity index (χ2n) is 7.32. The lowest BCUT2D eigenvalue weighted by Crippen LogP contribution is -2.40. The van der Waals surface area contributed by atoms with E-state index >= 15 is 0 Å². The van der Waals surface area contributed by atoms with Crippen LogP contribution in [0.1, 0.15) is 56.7 Å². The first-order valence-corrected chi connectivity index (χ1v) is 10.4. The van der Waals surface area contributed by atoms with Crippen molar-refractivity contribution in [2.24, 2.45) is 0 Å². The van der Waals surface area contributed by atoms with E-state index in [2.05, 4.69) is 5.32 Å². The van der Waals surface area contributed by atoms with Crippen LogP contribution < -0.4 is 10.1 Å². The lowest BCUT2D eigenvalue weighted by Gasteiger charge is -2.39. The summed E-state index contributed by atoms with van der Waals surface area (Å²) in [7, 11) is -3.39. The molecule has 0 bridgehead atoms. The number of carboxylic acids is 1. The first kappa shape index (κ1) is 19.7. The molecule has 1 aliphatic rings. The normalized spacial score (nSPS) is 19.1. The summed E-state index contributed by atoms with van der Waals surface area (Å²) in [5, 5.41) is 12.1. The lowest BCUT2D eigenvalue weighted by atomic mass is 9.88. The highest BCUT2D eigenvalue weighted by atomic mass is 32.2. The van der Waals surface area contributed by atoms with Gasteiger partial charge in [-0.1, -0.05) is 6.07 Å². The number of benzene rings is 1. The minimum atomic E-state index is -3.39. The van der Waals surface area contributed by atoms with Gasteiger partial charge in [-0.3, -0.25) is 4.79 Å². The molecule has 0 aromatic heterocycles. The molecule has 0 aliphatic carbocycles. The third-order valence-corrected chi connectivity index (χ3v) is 5.65. The highest BCUT2D eigenvalue weighted by Crippen LogP contribution is 2.43. The van der Waals surface area contributed by atoms with Crippen LogP contribution in [-0.2, 0) is 14.6 Å². The molecule has 0 saturated heterocycles. The Morgan fingerprint density at radius 1 is 1.36 bits per heavy atom. The topological polar surface area (TPSA) is 92.7 Å². The number of carboxylic acid groups (broad SMARTS) is 1. The summed E-state index contributed by atoms with van der Waals surface area (Å²) in [4.78, 5) is 10.9. The molecule has 1 unspecified atom stereocenters. The molecule has 0 amide bonds. The van der Waals surface area contributed by atoms with Crippen molar-refractivity contribution in [3.8, 4) is 5.75 Å². The van der Waals surface area contributed by atoms with Crippen LogP contribution in [0.5, 0.6) is 5.75 Å². The second kappa shape index (κ2) is 7.33. The monoisotopic (exact) mass is 369 g/mol. The summed E-state index contributed by atoms with van der Waals surface area (Å²) in [5.41, 5.74) is 0.998. The Morgan fingerprint density at radius 2 is 2.04 bits per heavy atom. The van der Waals surface area contributed by atoms with E-state index < -0.39 is 21.4 Å². The third kappa shape index (κ3) is 4.95. The number of rotatable bonds is 7. The average Bonchev–Trinajstić information content (AvgIpc) is 2.44. The summed E-state index contributed by atoms with van der Waals surface area (Å²) < 4.78 is 30.7. The maximum atomic E-state index is 12.3. The fourth-order valence-electron chi connectivity index (χ4n) is 3.39. The molecule has 0 fully saturated rings. The van der Waals surface area contributed by atoms with E-state index in [9.17, 15) is 13.2 Å². The number of sulfone groups is 1.